The van der Waals surface area contributed by atoms with Crippen molar-refractivity contribution < 1.29 is 14.7 Å². The monoisotopic (exact) mass is 253 g/mol. The quantitative estimate of drug-likeness (QED) is 0.672. The molecule has 4 heteroatoms. The number of aromatic carboxylic acids is 1. The molecule has 0 atom stereocenters. The van der Waals surface area contributed by atoms with E-state index < -0.39 is 5.97 Å². The molecule has 0 unspecified atom stereocenters. The number of carbonyl (C=O) groups excluding carboxylic acids is 1. The first kappa shape index (κ1) is 12.7. The number of carboxylic acids is 1. The molecule has 1 aromatic heterocycles. The summed E-state index contributed by atoms with van der Waals surface area (Å²) in [5.41, 5.74) is 0.960. The Kier molecular flexibility index (Phi) is 3.83. The van der Waals surface area contributed by atoms with Crippen LogP contribution in [0, 0.1) is 0 Å². The number of rotatable bonds is 4. The van der Waals surface area contributed by atoms with E-state index in [1.54, 1.807) is 42.7 Å². The lowest BCUT2D eigenvalue weighted by Gasteiger charge is -2.01. The largest absolute Gasteiger partial charge is 0.478 e. The van der Waals surface area contributed by atoms with Gasteiger partial charge in [-0.05, 0) is 29.8 Å². The maximum Gasteiger partial charge on any atom is 0.336 e. The van der Waals surface area contributed by atoms with Crippen LogP contribution in [-0.4, -0.2) is 21.8 Å². The van der Waals surface area contributed by atoms with Crippen LogP contribution in [0.4, 0.5) is 0 Å². The van der Waals surface area contributed by atoms with Gasteiger partial charge >= 0.3 is 5.97 Å². The average molecular weight is 253 g/mol. The van der Waals surface area contributed by atoms with E-state index in [2.05, 4.69) is 4.98 Å². The molecule has 2 rings (SSSR count). The molecule has 0 saturated carbocycles. The molecule has 1 heterocycles. The van der Waals surface area contributed by atoms with Crippen molar-refractivity contribution in [2.24, 2.45) is 0 Å². The highest BCUT2D eigenvalue weighted by molar-refractivity contribution is 6.12. The van der Waals surface area contributed by atoms with Gasteiger partial charge in [0.15, 0.2) is 5.78 Å². The lowest BCUT2D eigenvalue weighted by molar-refractivity contribution is 0.0693. The van der Waals surface area contributed by atoms with Crippen LogP contribution in [0.25, 0.3) is 6.08 Å². The average Bonchev–Trinajstić information content (AvgIpc) is 2.46. The molecule has 4 nitrogen and oxygen atoms in total. The number of benzene rings is 1. The van der Waals surface area contributed by atoms with Crippen molar-refractivity contribution in [3.05, 3.63) is 71.6 Å². The molecule has 0 aliphatic rings. The van der Waals surface area contributed by atoms with Crippen LogP contribution in [0.2, 0.25) is 0 Å². The number of hydrogen-bond donors (Lipinski definition) is 1. The maximum atomic E-state index is 12.0. The van der Waals surface area contributed by atoms with E-state index in [-0.39, 0.29) is 16.9 Å². The van der Waals surface area contributed by atoms with Gasteiger partial charge in [0.1, 0.15) is 0 Å². The minimum Gasteiger partial charge on any atom is -0.478 e. The topological polar surface area (TPSA) is 67.3 Å². The molecule has 0 amide bonds. The second-order valence-corrected chi connectivity index (χ2v) is 3.83. The number of hydrogen-bond acceptors (Lipinski definition) is 3. The Bertz CT molecular complexity index is 633. The summed E-state index contributed by atoms with van der Waals surface area (Å²) in [5, 5.41) is 9.01. The molecule has 0 aliphatic carbocycles. The van der Waals surface area contributed by atoms with Crippen molar-refractivity contribution in [3.63, 3.8) is 0 Å². The van der Waals surface area contributed by atoms with Gasteiger partial charge in [0.05, 0.1) is 5.56 Å². The van der Waals surface area contributed by atoms with Crippen LogP contribution in [-0.2, 0) is 0 Å². The Morgan fingerprint density at radius 1 is 1.05 bits per heavy atom. The first-order chi connectivity index (χ1) is 9.18. The summed E-state index contributed by atoms with van der Waals surface area (Å²) in [7, 11) is 0. The van der Waals surface area contributed by atoms with Crippen LogP contribution in [0.3, 0.4) is 0 Å². The van der Waals surface area contributed by atoms with Crippen molar-refractivity contribution in [1.82, 2.24) is 4.98 Å². The van der Waals surface area contributed by atoms with Crippen LogP contribution < -0.4 is 0 Å². The maximum absolute atomic E-state index is 12.0. The number of carbonyl (C=O) groups is 2. The highest BCUT2D eigenvalue weighted by Crippen LogP contribution is 2.11. The molecular weight excluding hydrogens is 242 g/mol. The number of allylic oxidation sites excluding steroid dienone is 1. The predicted molar refractivity (Wildman–Crippen MR) is 71.0 cm³/mol. The summed E-state index contributed by atoms with van der Waals surface area (Å²) >= 11 is 0. The summed E-state index contributed by atoms with van der Waals surface area (Å²) in [5.74, 6) is -1.46. The van der Waals surface area contributed by atoms with Crippen molar-refractivity contribution in [3.8, 4) is 0 Å². The second kappa shape index (κ2) is 5.73. The van der Waals surface area contributed by atoms with Gasteiger partial charge in [-0.25, -0.2) is 4.79 Å². The molecule has 0 aliphatic heterocycles. The zero-order valence-electron chi connectivity index (χ0n) is 9.98. The van der Waals surface area contributed by atoms with E-state index in [1.165, 1.54) is 18.2 Å². The molecule has 1 N–H and O–H groups in total. The predicted octanol–water partition coefficient (Wildman–Crippen LogP) is 2.68. The van der Waals surface area contributed by atoms with E-state index in [0.29, 0.717) is 0 Å². The second-order valence-electron chi connectivity index (χ2n) is 3.83. The molecule has 2 aromatic rings. The van der Waals surface area contributed by atoms with Gasteiger partial charge in [0.2, 0.25) is 0 Å². The van der Waals surface area contributed by atoms with Crippen LogP contribution in [0.15, 0.2) is 54.9 Å². The molecule has 1 aromatic carbocycles. The summed E-state index contributed by atoms with van der Waals surface area (Å²) in [6.45, 7) is 0. The van der Waals surface area contributed by atoms with Crippen LogP contribution >= 0.6 is 0 Å². The normalized spacial score (nSPS) is 10.5. The number of nitrogens with zero attached hydrogens (tertiary/aromatic N) is 1. The summed E-state index contributed by atoms with van der Waals surface area (Å²) in [4.78, 5) is 26.9. The first-order valence-corrected chi connectivity index (χ1v) is 5.63. The van der Waals surface area contributed by atoms with Crippen molar-refractivity contribution >= 4 is 17.8 Å². The zero-order valence-corrected chi connectivity index (χ0v) is 9.98. The van der Waals surface area contributed by atoms with E-state index in [9.17, 15) is 9.59 Å². The lowest BCUT2D eigenvalue weighted by Crippen LogP contribution is -2.06. The minimum absolute atomic E-state index is 0.00309. The van der Waals surface area contributed by atoms with Gasteiger partial charge in [0.25, 0.3) is 0 Å². The number of pyridine rings is 1. The number of ketones is 1. The highest BCUT2D eigenvalue weighted by Gasteiger charge is 2.13. The van der Waals surface area contributed by atoms with Gasteiger partial charge < -0.3 is 5.11 Å². The Hall–Kier alpha value is -2.75. The summed E-state index contributed by atoms with van der Waals surface area (Å²) < 4.78 is 0. The van der Waals surface area contributed by atoms with Gasteiger partial charge in [-0.1, -0.05) is 24.3 Å². The molecule has 0 radical (unpaired) electrons. The summed E-state index contributed by atoms with van der Waals surface area (Å²) in [6.07, 6.45) is 6.21. The fraction of sp³-hybridized carbons (Fsp3) is 0. The SMILES string of the molecule is O=C(O)c1ccccc1C(=O)/C=C/c1cccnc1. The van der Waals surface area contributed by atoms with Crippen molar-refractivity contribution in [1.29, 1.82) is 0 Å². The lowest BCUT2D eigenvalue weighted by atomic mass is 10.0. The minimum atomic E-state index is -1.11. The van der Waals surface area contributed by atoms with Gasteiger partial charge in [-0.3, -0.25) is 9.78 Å². The molecular formula is C15H11NO3. The first-order valence-electron chi connectivity index (χ1n) is 5.63. The van der Waals surface area contributed by atoms with Crippen LogP contribution in [0.5, 0.6) is 0 Å². The zero-order chi connectivity index (χ0) is 13.7. The third-order valence-corrected chi connectivity index (χ3v) is 2.53. The standard InChI is InChI=1S/C15H11NO3/c17-14(8-7-11-4-3-9-16-10-11)12-5-1-2-6-13(12)15(18)19/h1-10H,(H,18,19)/b8-7+. The van der Waals surface area contributed by atoms with Gasteiger partial charge in [0, 0.05) is 18.0 Å². The smallest absolute Gasteiger partial charge is 0.336 e. The molecule has 0 bridgehead atoms. The summed E-state index contributed by atoms with van der Waals surface area (Å²) in [6, 6.07) is 9.70. The fourth-order valence-corrected chi connectivity index (χ4v) is 1.62. The fourth-order valence-electron chi connectivity index (χ4n) is 1.62. The van der Waals surface area contributed by atoms with Gasteiger partial charge in [-0.2, -0.15) is 0 Å². The molecule has 0 saturated heterocycles. The highest BCUT2D eigenvalue weighted by atomic mass is 16.4. The molecule has 0 spiro atoms. The Balaban J connectivity index is 2.26. The Morgan fingerprint density at radius 3 is 2.42 bits per heavy atom. The van der Waals surface area contributed by atoms with Crippen molar-refractivity contribution in [2.75, 3.05) is 0 Å². The molecule has 19 heavy (non-hydrogen) atoms. The molecule has 94 valence electrons. The van der Waals surface area contributed by atoms with E-state index in [1.807, 2.05) is 0 Å². The number of carboxylic acid groups (broad SMARTS) is 1. The third-order valence-electron chi connectivity index (χ3n) is 2.53. The van der Waals surface area contributed by atoms with Gasteiger partial charge in [-0.15, -0.1) is 0 Å². The Morgan fingerprint density at radius 2 is 1.79 bits per heavy atom. The van der Waals surface area contributed by atoms with E-state index in [0.717, 1.165) is 5.56 Å². The third kappa shape index (κ3) is 3.13. The van der Waals surface area contributed by atoms with Crippen LogP contribution in [0.1, 0.15) is 26.3 Å². The molecule has 0 fully saturated rings. The van der Waals surface area contributed by atoms with E-state index >= 15 is 0 Å². The Labute approximate surface area is 110 Å². The number of aromatic nitrogens is 1. The van der Waals surface area contributed by atoms with E-state index in [4.69, 9.17) is 5.11 Å². The van der Waals surface area contributed by atoms with Crippen molar-refractivity contribution in [2.45, 2.75) is 0 Å².